The van der Waals surface area contributed by atoms with Gasteiger partial charge in [0.2, 0.25) is 5.56 Å². The van der Waals surface area contributed by atoms with Crippen LogP contribution >= 0.6 is 0 Å². The Morgan fingerprint density at radius 1 is 1.50 bits per heavy atom. The molecular weight excluding hydrogens is 228 g/mol. The van der Waals surface area contributed by atoms with E-state index in [4.69, 9.17) is 0 Å². The highest BCUT2D eigenvalue weighted by Gasteiger charge is 2.17. The van der Waals surface area contributed by atoms with Gasteiger partial charge in [-0.15, -0.1) is 0 Å². The number of aryl methyl sites for hydroxylation is 1. The van der Waals surface area contributed by atoms with Crippen LogP contribution < -0.4 is 10.9 Å². The monoisotopic (exact) mass is 246 g/mol. The van der Waals surface area contributed by atoms with Gasteiger partial charge in [-0.25, -0.2) is 4.98 Å². The van der Waals surface area contributed by atoms with Gasteiger partial charge in [-0.3, -0.25) is 4.79 Å². The minimum Gasteiger partial charge on any atom is -0.336 e. The molecule has 18 heavy (non-hydrogen) atoms. The SMILES string of the molecule is CCCNC(c1cccc(=O)[nH]1)c1nccn1C. The van der Waals surface area contributed by atoms with Crippen molar-refractivity contribution in [1.29, 1.82) is 0 Å². The number of hydrogen-bond acceptors (Lipinski definition) is 3. The van der Waals surface area contributed by atoms with Crippen LogP contribution in [0, 0.1) is 0 Å². The number of H-pyrrole nitrogens is 1. The van der Waals surface area contributed by atoms with Crippen LogP contribution in [0.15, 0.2) is 35.4 Å². The number of aromatic nitrogens is 3. The number of rotatable bonds is 5. The van der Waals surface area contributed by atoms with Crippen molar-refractivity contribution in [1.82, 2.24) is 19.9 Å². The van der Waals surface area contributed by atoms with Crippen LogP contribution in [0.25, 0.3) is 0 Å². The zero-order chi connectivity index (χ0) is 13.0. The molecule has 0 aliphatic rings. The summed E-state index contributed by atoms with van der Waals surface area (Å²) in [6.07, 6.45) is 4.69. The zero-order valence-corrected chi connectivity index (χ0v) is 10.7. The van der Waals surface area contributed by atoms with E-state index in [1.165, 1.54) is 6.07 Å². The second-order valence-electron chi connectivity index (χ2n) is 4.25. The molecule has 5 heteroatoms. The quantitative estimate of drug-likeness (QED) is 0.833. The molecule has 0 bridgehead atoms. The third-order valence-electron chi connectivity index (χ3n) is 2.82. The lowest BCUT2D eigenvalue weighted by Gasteiger charge is -2.18. The lowest BCUT2D eigenvalue weighted by molar-refractivity contribution is 0.544. The molecule has 1 unspecified atom stereocenters. The molecule has 0 saturated carbocycles. The molecule has 0 saturated heterocycles. The van der Waals surface area contributed by atoms with Gasteiger partial charge in [0.15, 0.2) is 0 Å². The summed E-state index contributed by atoms with van der Waals surface area (Å²) in [5, 5.41) is 3.40. The number of aromatic amines is 1. The van der Waals surface area contributed by atoms with Gasteiger partial charge in [0.05, 0.1) is 0 Å². The van der Waals surface area contributed by atoms with Gasteiger partial charge in [-0.1, -0.05) is 13.0 Å². The topological polar surface area (TPSA) is 62.7 Å². The number of hydrogen-bond donors (Lipinski definition) is 2. The Hall–Kier alpha value is -1.88. The highest BCUT2D eigenvalue weighted by molar-refractivity contribution is 5.18. The third-order valence-corrected chi connectivity index (χ3v) is 2.82. The average molecular weight is 246 g/mol. The molecule has 0 fully saturated rings. The van der Waals surface area contributed by atoms with Gasteiger partial charge >= 0.3 is 0 Å². The minimum absolute atomic E-state index is 0.0844. The number of imidazole rings is 1. The van der Waals surface area contributed by atoms with Crippen molar-refractivity contribution in [2.24, 2.45) is 7.05 Å². The average Bonchev–Trinajstić information content (AvgIpc) is 2.77. The molecule has 2 N–H and O–H groups in total. The first-order valence-electron chi connectivity index (χ1n) is 6.12. The van der Waals surface area contributed by atoms with E-state index in [2.05, 4.69) is 22.2 Å². The predicted molar refractivity (Wildman–Crippen MR) is 70.4 cm³/mol. The zero-order valence-electron chi connectivity index (χ0n) is 10.7. The fraction of sp³-hybridized carbons (Fsp3) is 0.385. The Morgan fingerprint density at radius 3 is 2.94 bits per heavy atom. The van der Waals surface area contributed by atoms with Gasteiger partial charge < -0.3 is 14.9 Å². The van der Waals surface area contributed by atoms with E-state index in [-0.39, 0.29) is 11.6 Å². The fourth-order valence-corrected chi connectivity index (χ4v) is 1.92. The maximum Gasteiger partial charge on any atom is 0.248 e. The lowest BCUT2D eigenvalue weighted by atomic mass is 10.1. The summed E-state index contributed by atoms with van der Waals surface area (Å²) < 4.78 is 1.96. The molecule has 2 aromatic rings. The molecule has 0 aliphatic carbocycles. The molecule has 2 heterocycles. The van der Waals surface area contributed by atoms with Crippen molar-refractivity contribution in [3.63, 3.8) is 0 Å². The Balaban J connectivity index is 2.36. The van der Waals surface area contributed by atoms with Gasteiger partial charge in [0, 0.05) is 31.2 Å². The van der Waals surface area contributed by atoms with E-state index in [1.54, 1.807) is 12.3 Å². The summed E-state index contributed by atoms with van der Waals surface area (Å²) in [5.74, 6) is 0.894. The maximum absolute atomic E-state index is 11.4. The third kappa shape index (κ3) is 2.68. The van der Waals surface area contributed by atoms with Crippen molar-refractivity contribution in [2.45, 2.75) is 19.4 Å². The summed E-state index contributed by atoms with van der Waals surface area (Å²) in [7, 11) is 1.95. The highest BCUT2D eigenvalue weighted by Crippen LogP contribution is 2.17. The van der Waals surface area contributed by atoms with Crippen LogP contribution in [0.1, 0.15) is 30.9 Å². The molecular formula is C13H18N4O. The second-order valence-corrected chi connectivity index (χ2v) is 4.25. The van der Waals surface area contributed by atoms with E-state index < -0.39 is 0 Å². The number of nitrogens with one attached hydrogen (secondary N) is 2. The van der Waals surface area contributed by atoms with E-state index in [1.807, 2.05) is 23.9 Å². The van der Waals surface area contributed by atoms with E-state index in [9.17, 15) is 4.79 Å². The van der Waals surface area contributed by atoms with Crippen LogP contribution in [0.2, 0.25) is 0 Å². The summed E-state index contributed by atoms with van der Waals surface area (Å²) in [6, 6.07) is 5.10. The first-order chi connectivity index (χ1) is 8.72. The summed E-state index contributed by atoms with van der Waals surface area (Å²) in [6.45, 7) is 2.98. The van der Waals surface area contributed by atoms with Crippen molar-refractivity contribution in [2.75, 3.05) is 6.54 Å². The predicted octanol–water partition coefficient (Wildman–Crippen LogP) is 1.20. The van der Waals surface area contributed by atoms with E-state index in [0.717, 1.165) is 24.5 Å². The van der Waals surface area contributed by atoms with Crippen LogP contribution in [-0.2, 0) is 7.05 Å². The Kier molecular flexibility index (Phi) is 3.94. The molecule has 2 rings (SSSR count). The molecule has 0 radical (unpaired) electrons. The maximum atomic E-state index is 11.4. The largest absolute Gasteiger partial charge is 0.336 e. The Labute approximate surface area is 106 Å². The summed E-state index contributed by atoms with van der Waals surface area (Å²) >= 11 is 0. The standard InChI is InChI=1S/C13H18N4O/c1-3-7-14-12(13-15-8-9-17(13)2)10-5-4-6-11(18)16-10/h4-6,8-9,12,14H,3,7H2,1-2H3,(H,16,18). The normalized spacial score (nSPS) is 12.6. The van der Waals surface area contributed by atoms with Crippen LogP contribution in [0.4, 0.5) is 0 Å². The smallest absolute Gasteiger partial charge is 0.248 e. The molecule has 5 nitrogen and oxygen atoms in total. The molecule has 0 amide bonds. The fourth-order valence-electron chi connectivity index (χ4n) is 1.92. The second kappa shape index (κ2) is 5.64. The van der Waals surface area contributed by atoms with Gasteiger partial charge in [0.25, 0.3) is 0 Å². The molecule has 0 spiro atoms. The first kappa shape index (κ1) is 12.6. The van der Waals surface area contributed by atoms with Gasteiger partial charge in [-0.2, -0.15) is 0 Å². The van der Waals surface area contributed by atoms with Crippen LogP contribution in [0.5, 0.6) is 0 Å². The van der Waals surface area contributed by atoms with E-state index in [0.29, 0.717) is 0 Å². The van der Waals surface area contributed by atoms with Crippen LogP contribution in [0.3, 0.4) is 0 Å². The van der Waals surface area contributed by atoms with Crippen LogP contribution in [-0.4, -0.2) is 21.1 Å². The van der Waals surface area contributed by atoms with E-state index >= 15 is 0 Å². The molecule has 96 valence electrons. The summed E-state index contributed by atoms with van der Waals surface area (Å²) in [4.78, 5) is 18.6. The van der Waals surface area contributed by atoms with Crippen molar-refractivity contribution in [3.05, 3.63) is 52.5 Å². The van der Waals surface area contributed by atoms with Gasteiger partial charge in [-0.05, 0) is 19.0 Å². The molecule has 0 aliphatic heterocycles. The molecule has 2 aromatic heterocycles. The molecule has 1 atom stereocenters. The number of nitrogens with zero attached hydrogens (tertiary/aromatic N) is 2. The first-order valence-corrected chi connectivity index (χ1v) is 6.12. The van der Waals surface area contributed by atoms with Crippen molar-refractivity contribution >= 4 is 0 Å². The summed E-state index contributed by atoms with van der Waals surface area (Å²) in [5.41, 5.74) is 0.746. The molecule has 0 aromatic carbocycles. The Bertz CT molecular complexity index is 558. The minimum atomic E-state index is -0.0926. The van der Waals surface area contributed by atoms with Gasteiger partial charge in [0.1, 0.15) is 11.9 Å². The van der Waals surface area contributed by atoms with Crippen molar-refractivity contribution < 1.29 is 0 Å². The Morgan fingerprint density at radius 2 is 2.33 bits per heavy atom. The van der Waals surface area contributed by atoms with Crippen molar-refractivity contribution in [3.8, 4) is 0 Å². The number of pyridine rings is 1. The highest BCUT2D eigenvalue weighted by atomic mass is 16.1. The lowest BCUT2D eigenvalue weighted by Crippen LogP contribution is -2.28.